The van der Waals surface area contributed by atoms with E-state index in [9.17, 15) is 8.78 Å². The monoisotopic (exact) mass is 279 g/mol. The number of fused-ring (bicyclic) bond motifs is 1. The maximum Gasteiger partial charge on any atom is 0.281 e. The first-order valence-corrected chi connectivity index (χ1v) is 7.30. The van der Waals surface area contributed by atoms with Gasteiger partial charge in [-0.2, -0.15) is 0 Å². The SMILES string of the molecule is CCCC1CCC(n2ccc3c(C(F)F)ncnc32)C1. The molecule has 5 heteroatoms. The standard InChI is InChI=1S/C15H19F2N3/c1-2-3-10-4-5-11(8-10)20-7-6-12-13(14(16)17)18-9-19-15(12)20/h6-7,9-11,14H,2-5,8H2,1H3. The van der Waals surface area contributed by atoms with Gasteiger partial charge in [0.1, 0.15) is 17.7 Å². The number of rotatable bonds is 4. The van der Waals surface area contributed by atoms with Crippen molar-refractivity contribution in [2.45, 2.75) is 51.5 Å². The third-order valence-electron chi connectivity index (χ3n) is 4.35. The Kier molecular flexibility index (Phi) is 3.68. The summed E-state index contributed by atoms with van der Waals surface area (Å²) >= 11 is 0. The Bertz CT molecular complexity index is 594. The normalized spacial score (nSPS) is 23.0. The Labute approximate surface area is 117 Å². The summed E-state index contributed by atoms with van der Waals surface area (Å²) in [6, 6.07) is 2.12. The van der Waals surface area contributed by atoms with Crippen LogP contribution in [0.1, 0.15) is 57.2 Å². The van der Waals surface area contributed by atoms with E-state index in [1.54, 1.807) is 6.07 Å². The molecule has 3 nitrogen and oxygen atoms in total. The molecule has 0 amide bonds. The van der Waals surface area contributed by atoms with Crippen molar-refractivity contribution in [1.29, 1.82) is 0 Å². The second kappa shape index (κ2) is 5.46. The van der Waals surface area contributed by atoms with Gasteiger partial charge < -0.3 is 4.57 Å². The van der Waals surface area contributed by atoms with Gasteiger partial charge in [0.15, 0.2) is 0 Å². The van der Waals surface area contributed by atoms with E-state index < -0.39 is 6.43 Å². The molecule has 1 fully saturated rings. The average molecular weight is 279 g/mol. The Balaban J connectivity index is 1.92. The molecule has 20 heavy (non-hydrogen) atoms. The van der Waals surface area contributed by atoms with Gasteiger partial charge in [0.2, 0.25) is 0 Å². The van der Waals surface area contributed by atoms with Crippen molar-refractivity contribution in [2.75, 3.05) is 0 Å². The van der Waals surface area contributed by atoms with Crippen LogP contribution in [0.2, 0.25) is 0 Å². The summed E-state index contributed by atoms with van der Waals surface area (Å²) in [7, 11) is 0. The zero-order valence-corrected chi connectivity index (χ0v) is 11.6. The lowest BCUT2D eigenvalue weighted by molar-refractivity contribution is 0.148. The number of aromatic nitrogens is 3. The predicted molar refractivity (Wildman–Crippen MR) is 73.8 cm³/mol. The largest absolute Gasteiger partial charge is 0.329 e. The summed E-state index contributed by atoms with van der Waals surface area (Å²) in [6.07, 6.45) is 6.53. The zero-order valence-electron chi connectivity index (χ0n) is 11.6. The molecule has 2 heterocycles. The van der Waals surface area contributed by atoms with Crippen LogP contribution in [0.15, 0.2) is 18.6 Å². The van der Waals surface area contributed by atoms with E-state index in [-0.39, 0.29) is 5.69 Å². The molecule has 1 saturated carbocycles. The summed E-state index contributed by atoms with van der Waals surface area (Å²) in [4.78, 5) is 7.93. The first-order chi connectivity index (χ1) is 9.70. The fourth-order valence-corrected chi connectivity index (χ4v) is 3.43. The topological polar surface area (TPSA) is 30.7 Å². The van der Waals surface area contributed by atoms with E-state index in [0.29, 0.717) is 17.1 Å². The highest BCUT2D eigenvalue weighted by molar-refractivity contribution is 5.78. The summed E-state index contributed by atoms with van der Waals surface area (Å²) < 4.78 is 28.0. The molecular formula is C15H19F2N3. The zero-order chi connectivity index (χ0) is 14.1. The number of alkyl halides is 2. The molecule has 0 aromatic carbocycles. The molecule has 0 saturated heterocycles. The second-order valence-corrected chi connectivity index (χ2v) is 5.64. The molecule has 1 aliphatic rings. The minimum absolute atomic E-state index is 0.156. The minimum Gasteiger partial charge on any atom is -0.329 e. The fraction of sp³-hybridized carbons (Fsp3) is 0.600. The molecule has 0 spiro atoms. The minimum atomic E-state index is -2.55. The van der Waals surface area contributed by atoms with Crippen LogP contribution in [0.3, 0.4) is 0 Å². The molecule has 2 aromatic rings. The van der Waals surface area contributed by atoms with E-state index in [1.165, 1.54) is 25.6 Å². The highest BCUT2D eigenvalue weighted by Gasteiger charge is 2.27. The van der Waals surface area contributed by atoms with Crippen LogP contribution in [0, 0.1) is 5.92 Å². The van der Waals surface area contributed by atoms with Crippen LogP contribution in [0.5, 0.6) is 0 Å². The summed E-state index contributed by atoms with van der Waals surface area (Å²) in [5.74, 6) is 0.763. The molecule has 2 aromatic heterocycles. The van der Waals surface area contributed by atoms with Crippen LogP contribution in [-0.4, -0.2) is 14.5 Å². The van der Waals surface area contributed by atoms with Gasteiger partial charge in [0, 0.05) is 17.6 Å². The van der Waals surface area contributed by atoms with E-state index in [1.807, 2.05) is 6.20 Å². The van der Waals surface area contributed by atoms with Gasteiger partial charge in [0.05, 0.1) is 0 Å². The first kappa shape index (κ1) is 13.5. The molecule has 0 N–H and O–H groups in total. The molecule has 0 radical (unpaired) electrons. The molecule has 1 aliphatic carbocycles. The molecule has 108 valence electrons. The van der Waals surface area contributed by atoms with Crippen LogP contribution in [0.25, 0.3) is 11.0 Å². The smallest absolute Gasteiger partial charge is 0.281 e. The van der Waals surface area contributed by atoms with Crippen molar-refractivity contribution in [3.8, 4) is 0 Å². The third kappa shape index (κ3) is 2.30. The van der Waals surface area contributed by atoms with Gasteiger partial charge in [-0.05, 0) is 31.2 Å². The van der Waals surface area contributed by atoms with Crippen molar-refractivity contribution in [3.63, 3.8) is 0 Å². The third-order valence-corrected chi connectivity index (χ3v) is 4.35. The Morgan fingerprint density at radius 2 is 2.20 bits per heavy atom. The summed E-state index contributed by atoms with van der Waals surface area (Å²) in [6.45, 7) is 2.21. The van der Waals surface area contributed by atoms with E-state index in [4.69, 9.17) is 0 Å². The maximum atomic E-state index is 12.9. The van der Waals surface area contributed by atoms with Gasteiger partial charge in [-0.1, -0.05) is 19.8 Å². The quantitative estimate of drug-likeness (QED) is 0.824. The number of halogens is 2. The summed E-state index contributed by atoms with van der Waals surface area (Å²) in [5, 5.41) is 0.487. The molecule has 2 atom stereocenters. The van der Waals surface area contributed by atoms with Crippen molar-refractivity contribution in [2.24, 2.45) is 5.92 Å². The number of hydrogen-bond donors (Lipinski definition) is 0. The lowest BCUT2D eigenvalue weighted by atomic mass is 10.0. The van der Waals surface area contributed by atoms with E-state index in [2.05, 4.69) is 21.5 Å². The van der Waals surface area contributed by atoms with Crippen molar-refractivity contribution >= 4 is 11.0 Å². The van der Waals surface area contributed by atoms with Crippen molar-refractivity contribution in [1.82, 2.24) is 14.5 Å². The lowest BCUT2D eigenvalue weighted by Crippen LogP contribution is -2.06. The Hall–Kier alpha value is -1.52. The summed E-state index contributed by atoms with van der Waals surface area (Å²) in [5.41, 5.74) is 0.495. The van der Waals surface area contributed by atoms with Gasteiger partial charge in [-0.15, -0.1) is 0 Å². The van der Waals surface area contributed by atoms with E-state index in [0.717, 1.165) is 18.8 Å². The van der Waals surface area contributed by atoms with Crippen molar-refractivity contribution < 1.29 is 8.78 Å². The van der Waals surface area contributed by atoms with Crippen LogP contribution in [-0.2, 0) is 0 Å². The van der Waals surface area contributed by atoms with Gasteiger partial charge in [-0.3, -0.25) is 0 Å². The predicted octanol–water partition coefficient (Wildman–Crippen LogP) is 4.51. The van der Waals surface area contributed by atoms with Crippen LogP contribution < -0.4 is 0 Å². The molecule has 2 unspecified atom stereocenters. The highest BCUT2D eigenvalue weighted by Crippen LogP contribution is 2.39. The molecule has 3 rings (SSSR count). The lowest BCUT2D eigenvalue weighted by Gasteiger charge is -2.14. The number of hydrogen-bond acceptors (Lipinski definition) is 2. The maximum absolute atomic E-state index is 12.9. The first-order valence-electron chi connectivity index (χ1n) is 7.30. The van der Waals surface area contributed by atoms with Crippen molar-refractivity contribution in [3.05, 3.63) is 24.3 Å². The van der Waals surface area contributed by atoms with Crippen LogP contribution in [0.4, 0.5) is 8.78 Å². The fourth-order valence-electron chi connectivity index (χ4n) is 3.43. The number of nitrogens with zero attached hydrogens (tertiary/aromatic N) is 3. The average Bonchev–Trinajstić information content (AvgIpc) is 3.04. The molecule has 0 bridgehead atoms. The van der Waals surface area contributed by atoms with Gasteiger partial charge in [0.25, 0.3) is 6.43 Å². The second-order valence-electron chi connectivity index (χ2n) is 5.64. The highest BCUT2D eigenvalue weighted by atomic mass is 19.3. The van der Waals surface area contributed by atoms with Gasteiger partial charge >= 0.3 is 0 Å². The Morgan fingerprint density at radius 1 is 1.35 bits per heavy atom. The van der Waals surface area contributed by atoms with E-state index >= 15 is 0 Å². The van der Waals surface area contributed by atoms with Gasteiger partial charge in [-0.25, -0.2) is 18.7 Å². The molecule has 0 aliphatic heterocycles. The van der Waals surface area contributed by atoms with Crippen LogP contribution >= 0.6 is 0 Å². The Morgan fingerprint density at radius 3 is 2.95 bits per heavy atom. The molecular weight excluding hydrogens is 260 g/mol.